The number of amides is 1. The third kappa shape index (κ3) is 4.17. The SMILES string of the molecule is C[C@@H]1CCCCCN1C(=O)c1cc(-c2cnn(C)c2)n2nc(-c3ccc(Br)cc3F)cc2n1. The molecule has 0 saturated carbocycles. The van der Waals surface area contributed by atoms with Crippen LogP contribution in [0.1, 0.15) is 43.1 Å². The topological polar surface area (TPSA) is 68.3 Å². The van der Waals surface area contributed by atoms with Crippen molar-refractivity contribution < 1.29 is 9.18 Å². The van der Waals surface area contributed by atoms with Crippen LogP contribution >= 0.6 is 15.9 Å². The molecule has 33 heavy (non-hydrogen) atoms. The van der Waals surface area contributed by atoms with Gasteiger partial charge in [0.15, 0.2) is 5.65 Å². The fourth-order valence-corrected chi connectivity index (χ4v) is 4.73. The number of benzene rings is 1. The predicted octanol–water partition coefficient (Wildman–Crippen LogP) is 5.10. The fraction of sp³-hybridized carbons (Fsp3) is 0.333. The molecule has 7 nitrogen and oxygen atoms in total. The number of fused-ring (bicyclic) bond motifs is 1. The van der Waals surface area contributed by atoms with Gasteiger partial charge in [-0.05, 0) is 44.0 Å². The predicted molar refractivity (Wildman–Crippen MR) is 127 cm³/mol. The van der Waals surface area contributed by atoms with Gasteiger partial charge in [-0.1, -0.05) is 28.8 Å². The average molecular weight is 511 g/mol. The summed E-state index contributed by atoms with van der Waals surface area (Å²) in [4.78, 5) is 20.1. The van der Waals surface area contributed by atoms with Crippen LogP contribution in [0.3, 0.4) is 0 Å². The zero-order chi connectivity index (χ0) is 23.1. The maximum absolute atomic E-state index is 14.6. The van der Waals surface area contributed by atoms with Crippen LogP contribution in [0, 0.1) is 5.82 Å². The maximum atomic E-state index is 14.6. The number of aryl methyl sites for hydroxylation is 1. The molecular weight excluding hydrogens is 487 g/mol. The minimum atomic E-state index is -0.384. The number of nitrogens with zero attached hydrogens (tertiary/aromatic N) is 6. The molecule has 1 saturated heterocycles. The standard InChI is InChI=1S/C24H24BrFN6O/c1-15-6-4-3-5-9-31(15)24(33)21-11-22(16-13-27-30(2)14-16)32-23(28-21)12-20(29-32)18-8-7-17(25)10-19(18)26/h7-8,10-15H,3-6,9H2,1-2H3/t15-/m1/s1. The fourth-order valence-electron chi connectivity index (χ4n) is 4.40. The molecule has 1 atom stereocenters. The molecule has 4 heterocycles. The Hall–Kier alpha value is -3.07. The van der Waals surface area contributed by atoms with Crippen LogP contribution in [0.5, 0.6) is 0 Å². The molecule has 9 heteroatoms. The van der Waals surface area contributed by atoms with Crippen LogP contribution in [0.15, 0.2) is 47.2 Å². The van der Waals surface area contributed by atoms with Gasteiger partial charge in [0.05, 0.1) is 17.6 Å². The summed E-state index contributed by atoms with van der Waals surface area (Å²) in [6.45, 7) is 2.82. The second-order valence-electron chi connectivity index (χ2n) is 8.55. The van der Waals surface area contributed by atoms with Crippen molar-refractivity contribution in [1.82, 2.24) is 29.3 Å². The van der Waals surface area contributed by atoms with Crippen LogP contribution in [0.2, 0.25) is 0 Å². The quantitative estimate of drug-likeness (QED) is 0.384. The zero-order valence-corrected chi connectivity index (χ0v) is 20.1. The van der Waals surface area contributed by atoms with Crippen LogP contribution in [-0.4, -0.2) is 47.8 Å². The van der Waals surface area contributed by atoms with Crippen LogP contribution in [0.25, 0.3) is 28.2 Å². The van der Waals surface area contributed by atoms with Crippen LogP contribution in [0.4, 0.5) is 4.39 Å². The molecule has 0 spiro atoms. The first-order chi connectivity index (χ1) is 15.9. The first kappa shape index (κ1) is 21.8. The summed E-state index contributed by atoms with van der Waals surface area (Å²) < 4.78 is 18.6. The average Bonchev–Trinajstić information content (AvgIpc) is 3.34. The van der Waals surface area contributed by atoms with Crippen LogP contribution in [-0.2, 0) is 7.05 Å². The summed E-state index contributed by atoms with van der Waals surface area (Å²) >= 11 is 3.29. The molecule has 1 aliphatic rings. The van der Waals surface area contributed by atoms with E-state index in [2.05, 4.69) is 38.0 Å². The van der Waals surface area contributed by atoms with Crippen molar-refractivity contribution in [2.24, 2.45) is 7.05 Å². The van der Waals surface area contributed by atoms with Gasteiger partial charge in [-0.15, -0.1) is 0 Å². The Morgan fingerprint density at radius 2 is 2.03 bits per heavy atom. The zero-order valence-electron chi connectivity index (χ0n) is 18.5. The molecule has 3 aromatic heterocycles. The Balaban J connectivity index is 1.66. The molecule has 1 amide bonds. The molecule has 4 aromatic rings. The molecule has 0 aliphatic carbocycles. The lowest BCUT2D eigenvalue weighted by Crippen LogP contribution is -2.38. The second-order valence-corrected chi connectivity index (χ2v) is 9.47. The molecule has 0 radical (unpaired) electrons. The van der Waals surface area contributed by atoms with E-state index in [-0.39, 0.29) is 17.8 Å². The van der Waals surface area contributed by atoms with E-state index in [1.807, 2.05) is 18.1 Å². The number of hydrogen-bond acceptors (Lipinski definition) is 4. The highest BCUT2D eigenvalue weighted by Gasteiger charge is 2.26. The number of carbonyl (C=O) groups is 1. The van der Waals surface area contributed by atoms with Crippen molar-refractivity contribution in [2.45, 2.75) is 38.6 Å². The van der Waals surface area contributed by atoms with E-state index in [0.29, 0.717) is 32.8 Å². The summed E-state index contributed by atoms with van der Waals surface area (Å²) in [5.41, 5.74) is 3.15. The lowest BCUT2D eigenvalue weighted by atomic mass is 10.1. The van der Waals surface area contributed by atoms with Gasteiger partial charge in [0.25, 0.3) is 5.91 Å². The summed E-state index contributed by atoms with van der Waals surface area (Å²) in [5.74, 6) is -0.472. The molecule has 0 unspecified atom stereocenters. The number of likely N-dealkylation sites (tertiary alicyclic amines) is 1. The van der Waals surface area contributed by atoms with E-state index in [1.165, 1.54) is 6.07 Å². The van der Waals surface area contributed by atoms with E-state index in [1.54, 1.807) is 39.7 Å². The van der Waals surface area contributed by atoms with Crippen molar-refractivity contribution in [3.63, 3.8) is 0 Å². The molecule has 0 bridgehead atoms. The Morgan fingerprint density at radius 1 is 1.18 bits per heavy atom. The van der Waals surface area contributed by atoms with Gasteiger partial charge in [0.2, 0.25) is 0 Å². The van der Waals surface area contributed by atoms with Crippen molar-refractivity contribution >= 4 is 27.5 Å². The number of hydrogen-bond donors (Lipinski definition) is 0. The maximum Gasteiger partial charge on any atom is 0.272 e. The van der Waals surface area contributed by atoms with Crippen molar-refractivity contribution in [3.05, 3.63) is 58.7 Å². The highest BCUT2D eigenvalue weighted by molar-refractivity contribution is 9.10. The third-order valence-electron chi connectivity index (χ3n) is 6.17. The van der Waals surface area contributed by atoms with Gasteiger partial charge >= 0.3 is 0 Å². The van der Waals surface area contributed by atoms with Crippen molar-refractivity contribution in [1.29, 1.82) is 0 Å². The lowest BCUT2D eigenvalue weighted by molar-refractivity contribution is 0.0692. The molecule has 1 aliphatic heterocycles. The summed E-state index contributed by atoms with van der Waals surface area (Å²) in [6.07, 6.45) is 7.82. The molecule has 5 rings (SSSR count). The number of aromatic nitrogens is 5. The summed E-state index contributed by atoms with van der Waals surface area (Å²) in [5, 5.41) is 8.91. The minimum Gasteiger partial charge on any atom is -0.335 e. The summed E-state index contributed by atoms with van der Waals surface area (Å²) in [6, 6.07) is 8.50. The molecular formula is C24H24BrFN6O. The number of halogens is 2. The molecule has 1 fully saturated rings. The molecule has 170 valence electrons. The van der Waals surface area contributed by atoms with E-state index < -0.39 is 0 Å². The van der Waals surface area contributed by atoms with E-state index in [9.17, 15) is 9.18 Å². The lowest BCUT2D eigenvalue weighted by Gasteiger charge is -2.27. The van der Waals surface area contributed by atoms with Gasteiger partial charge in [0, 0.05) is 47.5 Å². The summed E-state index contributed by atoms with van der Waals surface area (Å²) in [7, 11) is 1.83. The van der Waals surface area contributed by atoms with Gasteiger partial charge in [-0.25, -0.2) is 13.9 Å². The normalized spacial score (nSPS) is 16.8. The Morgan fingerprint density at radius 3 is 2.79 bits per heavy atom. The largest absolute Gasteiger partial charge is 0.335 e. The Bertz CT molecular complexity index is 1350. The van der Waals surface area contributed by atoms with Gasteiger partial charge in [-0.3, -0.25) is 9.48 Å². The van der Waals surface area contributed by atoms with Crippen molar-refractivity contribution in [2.75, 3.05) is 6.54 Å². The third-order valence-corrected chi connectivity index (χ3v) is 6.66. The Labute approximate surface area is 199 Å². The van der Waals surface area contributed by atoms with E-state index >= 15 is 0 Å². The Kier molecular flexibility index (Phi) is 5.74. The van der Waals surface area contributed by atoms with Crippen LogP contribution < -0.4 is 0 Å². The van der Waals surface area contributed by atoms with E-state index in [0.717, 1.165) is 37.8 Å². The van der Waals surface area contributed by atoms with Gasteiger partial charge < -0.3 is 4.90 Å². The first-order valence-electron chi connectivity index (χ1n) is 11.1. The smallest absolute Gasteiger partial charge is 0.272 e. The van der Waals surface area contributed by atoms with Crippen molar-refractivity contribution in [3.8, 4) is 22.5 Å². The highest BCUT2D eigenvalue weighted by atomic mass is 79.9. The van der Waals surface area contributed by atoms with E-state index in [4.69, 9.17) is 0 Å². The first-order valence-corrected chi connectivity index (χ1v) is 11.9. The monoisotopic (exact) mass is 510 g/mol. The molecule has 0 N–H and O–H groups in total. The van der Waals surface area contributed by atoms with Gasteiger partial charge in [-0.2, -0.15) is 10.2 Å². The highest BCUT2D eigenvalue weighted by Crippen LogP contribution is 2.29. The number of carbonyl (C=O) groups excluding carboxylic acids is 1. The minimum absolute atomic E-state index is 0.0883. The second kappa shape index (κ2) is 8.70. The number of rotatable bonds is 3. The van der Waals surface area contributed by atoms with Gasteiger partial charge in [0.1, 0.15) is 11.5 Å². The molecule has 1 aromatic carbocycles.